The van der Waals surface area contributed by atoms with Crippen LogP contribution in [0.5, 0.6) is 5.75 Å². The minimum atomic E-state index is -0.503. The Hall–Kier alpha value is -1.18. The van der Waals surface area contributed by atoms with E-state index in [1.807, 2.05) is 12.1 Å². The van der Waals surface area contributed by atoms with Crippen molar-refractivity contribution in [3.63, 3.8) is 0 Å². The van der Waals surface area contributed by atoms with Crippen LogP contribution < -0.4 is 10.5 Å². The Balaban J connectivity index is 1.20. The normalized spacial score (nSPS) is 29.7. The molecule has 1 aromatic carbocycles. The molecule has 1 aromatic rings. The number of likely N-dealkylation sites (tertiary alicyclic amines) is 1. The van der Waals surface area contributed by atoms with Gasteiger partial charge in [0.2, 0.25) is 0 Å². The molecule has 174 valence electrons. The molecule has 1 aliphatic carbocycles. The lowest BCUT2D eigenvalue weighted by Crippen LogP contribution is -2.53. The van der Waals surface area contributed by atoms with Crippen molar-refractivity contribution in [2.24, 2.45) is 17.6 Å². The molecule has 31 heavy (non-hydrogen) atoms. The van der Waals surface area contributed by atoms with Crippen LogP contribution >= 0.6 is 0 Å². The first-order valence-corrected chi connectivity index (χ1v) is 12.2. The minimum absolute atomic E-state index is 0.0619. The van der Waals surface area contributed by atoms with Crippen molar-refractivity contribution in [3.8, 4) is 5.75 Å². The molecule has 4 atom stereocenters. The summed E-state index contributed by atoms with van der Waals surface area (Å²) in [7, 11) is 0. The highest BCUT2D eigenvalue weighted by Gasteiger charge is 2.39. The van der Waals surface area contributed by atoms with Gasteiger partial charge in [-0.2, -0.15) is 0 Å². The third kappa shape index (κ3) is 5.60. The van der Waals surface area contributed by atoms with Crippen LogP contribution in [0.15, 0.2) is 24.3 Å². The summed E-state index contributed by atoms with van der Waals surface area (Å²) in [5.41, 5.74) is 7.58. The van der Waals surface area contributed by atoms with E-state index >= 15 is 0 Å². The van der Waals surface area contributed by atoms with Crippen molar-refractivity contribution in [1.82, 2.24) is 9.80 Å². The number of benzene rings is 1. The number of piperidine rings is 1. The van der Waals surface area contributed by atoms with Crippen LogP contribution in [0, 0.1) is 11.8 Å². The quantitative estimate of drug-likeness (QED) is 0.626. The van der Waals surface area contributed by atoms with Crippen molar-refractivity contribution >= 4 is 0 Å². The monoisotopic (exact) mass is 431 g/mol. The van der Waals surface area contributed by atoms with Gasteiger partial charge in [0.25, 0.3) is 0 Å². The first kappa shape index (κ1) is 23.0. The molecule has 4 rings (SSSR count). The summed E-state index contributed by atoms with van der Waals surface area (Å²) in [6.07, 6.45) is 4.09. The van der Waals surface area contributed by atoms with Gasteiger partial charge in [-0.1, -0.05) is 26.0 Å². The number of morpholine rings is 1. The Labute approximate surface area is 187 Å². The van der Waals surface area contributed by atoms with E-state index in [4.69, 9.17) is 15.2 Å². The molecular formula is C25H41N3O3. The molecule has 2 heterocycles. The molecule has 6 nitrogen and oxygen atoms in total. The predicted octanol–water partition coefficient (Wildman–Crippen LogP) is 2.49. The van der Waals surface area contributed by atoms with Gasteiger partial charge in [0.1, 0.15) is 18.5 Å². The van der Waals surface area contributed by atoms with E-state index in [1.165, 1.54) is 18.4 Å². The maximum atomic E-state index is 10.5. The van der Waals surface area contributed by atoms with Crippen molar-refractivity contribution in [2.75, 3.05) is 45.9 Å². The van der Waals surface area contributed by atoms with Gasteiger partial charge in [-0.3, -0.25) is 9.80 Å². The van der Waals surface area contributed by atoms with Crippen molar-refractivity contribution in [1.29, 1.82) is 0 Å². The molecule has 0 spiro atoms. The van der Waals surface area contributed by atoms with Gasteiger partial charge in [-0.15, -0.1) is 0 Å². The van der Waals surface area contributed by atoms with E-state index in [9.17, 15) is 5.11 Å². The number of aliphatic hydroxyl groups is 1. The number of hydrogen-bond donors (Lipinski definition) is 2. The number of rotatable bonds is 9. The molecule has 0 amide bonds. The number of aliphatic hydroxyl groups excluding tert-OH is 1. The molecule has 0 aromatic heterocycles. The maximum absolute atomic E-state index is 10.5. The van der Waals surface area contributed by atoms with Gasteiger partial charge >= 0.3 is 0 Å². The lowest BCUT2D eigenvalue weighted by Gasteiger charge is -2.42. The second-order valence-electron chi connectivity index (χ2n) is 9.95. The zero-order valence-corrected chi connectivity index (χ0v) is 19.3. The van der Waals surface area contributed by atoms with E-state index < -0.39 is 6.10 Å². The van der Waals surface area contributed by atoms with E-state index in [0.717, 1.165) is 57.9 Å². The molecule has 3 fully saturated rings. The van der Waals surface area contributed by atoms with Crippen molar-refractivity contribution < 1.29 is 14.6 Å². The predicted molar refractivity (Wildman–Crippen MR) is 123 cm³/mol. The van der Waals surface area contributed by atoms with Crippen LogP contribution in [0.3, 0.4) is 0 Å². The molecule has 1 saturated carbocycles. The van der Waals surface area contributed by atoms with Crippen LogP contribution in [0.25, 0.3) is 0 Å². The first-order valence-electron chi connectivity index (χ1n) is 12.2. The van der Waals surface area contributed by atoms with Crippen LogP contribution in [-0.2, 0) is 11.3 Å². The largest absolute Gasteiger partial charge is 0.491 e. The Morgan fingerprint density at radius 3 is 2.45 bits per heavy atom. The fourth-order valence-electron chi connectivity index (χ4n) is 5.74. The molecule has 3 N–H and O–H groups in total. The highest BCUT2D eigenvalue weighted by atomic mass is 16.5. The third-order valence-electron chi connectivity index (χ3n) is 7.84. The topological polar surface area (TPSA) is 71.2 Å². The van der Waals surface area contributed by atoms with Crippen LogP contribution in [0.1, 0.15) is 45.1 Å². The van der Waals surface area contributed by atoms with Crippen molar-refractivity contribution in [3.05, 3.63) is 29.8 Å². The van der Waals surface area contributed by atoms with Gasteiger partial charge in [-0.25, -0.2) is 0 Å². The fourth-order valence-corrected chi connectivity index (χ4v) is 5.74. The lowest BCUT2D eigenvalue weighted by molar-refractivity contribution is -0.119. The molecular weight excluding hydrogens is 390 g/mol. The third-order valence-corrected chi connectivity index (χ3v) is 7.84. The standard InChI is InChI=1S/C25H41N3O3/c1-3-25(4-2)18-27(11-12-31-25)16-22(29)17-30-23-9-5-19(6-10-23)13-28-14-20-7-8-21(15-28)24(20)26/h5-6,9-10,20-22,24,29H,3-4,7-8,11-18,26H2,1-2H3/t20-,21+,22?,24?. The molecule has 2 unspecified atom stereocenters. The highest BCUT2D eigenvalue weighted by Crippen LogP contribution is 2.36. The second kappa shape index (κ2) is 10.2. The SMILES string of the molecule is CCC1(CC)CN(CC(O)COc2ccc(CN3C[C@H]4CC[C@@H](C3)C4N)cc2)CCO1. The van der Waals surface area contributed by atoms with Crippen LogP contribution in [0.2, 0.25) is 0 Å². The number of nitrogens with zero attached hydrogens (tertiary/aromatic N) is 2. The average Bonchev–Trinajstić information content (AvgIpc) is 2.99. The number of β-amino-alcohol motifs (C(OH)–C–C–N with tert-alkyl or cyclic N) is 1. The molecule has 6 heteroatoms. The second-order valence-corrected chi connectivity index (χ2v) is 9.95. The zero-order chi connectivity index (χ0) is 21.8. The van der Waals surface area contributed by atoms with Crippen LogP contribution in [-0.4, -0.2) is 78.6 Å². The molecule has 0 radical (unpaired) electrons. The maximum Gasteiger partial charge on any atom is 0.119 e. The number of fused-ring (bicyclic) bond motifs is 2. The molecule has 3 aliphatic rings. The van der Waals surface area contributed by atoms with Gasteiger partial charge in [0.05, 0.1) is 12.2 Å². The van der Waals surface area contributed by atoms with Gasteiger partial charge < -0.3 is 20.3 Å². The van der Waals surface area contributed by atoms with E-state index in [0.29, 0.717) is 31.0 Å². The first-order chi connectivity index (χ1) is 15.0. The van der Waals surface area contributed by atoms with Gasteiger partial charge in [-0.05, 0) is 55.2 Å². The number of hydrogen-bond acceptors (Lipinski definition) is 6. The Morgan fingerprint density at radius 1 is 1.13 bits per heavy atom. The summed E-state index contributed by atoms with van der Waals surface area (Å²) in [5.74, 6) is 2.17. The lowest BCUT2D eigenvalue weighted by atomic mass is 9.93. The van der Waals surface area contributed by atoms with Crippen molar-refractivity contribution in [2.45, 2.75) is 63.8 Å². The highest BCUT2D eigenvalue weighted by molar-refractivity contribution is 5.27. The van der Waals surface area contributed by atoms with E-state index in [-0.39, 0.29) is 5.60 Å². The fraction of sp³-hybridized carbons (Fsp3) is 0.760. The summed E-state index contributed by atoms with van der Waals surface area (Å²) in [4.78, 5) is 4.87. The number of ether oxygens (including phenoxy) is 2. The average molecular weight is 432 g/mol. The van der Waals surface area contributed by atoms with E-state index in [2.05, 4.69) is 35.8 Å². The smallest absolute Gasteiger partial charge is 0.119 e. The summed E-state index contributed by atoms with van der Waals surface area (Å²) < 4.78 is 11.9. The van der Waals surface area contributed by atoms with E-state index in [1.54, 1.807) is 0 Å². The van der Waals surface area contributed by atoms with Crippen LogP contribution in [0.4, 0.5) is 0 Å². The summed E-state index contributed by atoms with van der Waals surface area (Å²) in [6.45, 7) is 11.0. The Morgan fingerprint density at radius 2 is 1.81 bits per heavy atom. The molecule has 2 bridgehead atoms. The minimum Gasteiger partial charge on any atom is -0.491 e. The molecule has 2 saturated heterocycles. The number of nitrogens with two attached hydrogens (primary N) is 1. The Bertz CT molecular complexity index is 680. The zero-order valence-electron chi connectivity index (χ0n) is 19.3. The Kier molecular flexibility index (Phi) is 7.55. The molecule has 2 aliphatic heterocycles. The van der Waals surface area contributed by atoms with Gasteiger partial charge in [0.15, 0.2) is 0 Å². The summed E-state index contributed by atoms with van der Waals surface area (Å²) >= 11 is 0. The summed E-state index contributed by atoms with van der Waals surface area (Å²) in [5, 5.41) is 10.5. The van der Waals surface area contributed by atoms with Gasteiger partial charge in [0, 0.05) is 45.3 Å². The summed E-state index contributed by atoms with van der Waals surface area (Å²) in [6, 6.07) is 8.77.